The number of hydrogen-bond donors (Lipinski definition) is 2. The summed E-state index contributed by atoms with van der Waals surface area (Å²) in [6.45, 7) is 13.2. The van der Waals surface area contributed by atoms with Crippen molar-refractivity contribution < 1.29 is 4.42 Å². The standard InChI is InChI=1S/C16H31N5O.HI/c1-6-21(7-2)11-9-8-10-18-16(17-5)19-12-15-20-13(3)14(4)22-15;/h6-12H2,1-5H3,(H2,17,18,19);1H. The van der Waals surface area contributed by atoms with Crippen molar-refractivity contribution in [2.24, 2.45) is 4.99 Å². The van der Waals surface area contributed by atoms with Gasteiger partial charge in [-0.25, -0.2) is 4.98 Å². The topological polar surface area (TPSA) is 65.7 Å². The minimum Gasteiger partial charge on any atom is -0.444 e. The van der Waals surface area contributed by atoms with Gasteiger partial charge in [-0.2, -0.15) is 0 Å². The van der Waals surface area contributed by atoms with Gasteiger partial charge in [0.05, 0.1) is 12.2 Å². The van der Waals surface area contributed by atoms with Crippen LogP contribution in [-0.2, 0) is 6.54 Å². The zero-order valence-electron chi connectivity index (χ0n) is 15.1. The van der Waals surface area contributed by atoms with E-state index in [0.717, 1.165) is 50.0 Å². The van der Waals surface area contributed by atoms with Crippen molar-refractivity contribution in [2.45, 2.75) is 47.1 Å². The van der Waals surface area contributed by atoms with Crippen molar-refractivity contribution in [3.63, 3.8) is 0 Å². The van der Waals surface area contributed by atoms with Crippen LogP contribution in [0.2, 0.25) is 0 Å². The fourth-order valence-corrected chi connectivity index (χ4v) is 2.20. The van der Waals surface area contributed by atoms with Gasteiger partial charge in [0.15, 0.2) is 5.96 Å². The lowest BCUT2D eigenvalue weighted by atomic mass is 10.3. The first kappa shape index (κ1) is 22.2. The average Bonchev–Trinajstić information content (AvgIpc) is 2.84. The molecule has 0 aromatic carbocycles. The van der Waals surface area contributed by atoms with Crippen molar-refractivity contribution in [3.05, 3.63) is 17.3 Å². The van der Waals surface area contributed by atoms with Crippen molar-refractivity contribution in [1.82, 2.24) is 20.5 Å². The summed E-state index contributed by atoms with van der Waals surface area (Å²) in [7, 11) is 1.78. The highest BCUT2D eigenvalue weighted by Crippen LogP contribution is 2.07. The van der Waals surface area contributed by atoms with Crippen molar-refractivity contribution in [2.75, 3.05) is 33.2 Å². The van der Waals surface area contributed by atoms with Crippen LogP contribution in [0.5, 0.6) is 0 Å². The third-order valence-electron chi connectivity index (χ3n) is 3.79. The lowest BCUT2D eigenvalue weighted by Crippen LogP contribution is -2.37. The van der Waals surface area contributed by atoms with Crippen molar-refractivity contribution >= 4 is 29.9 Å². The van der Waals surface area contributed by atoms with Crippen LogP contribution in [0.3, 0.4) is 0 Å². The minimum atomic E-state index is 0. The van der Waals surface area contributed by atoms with Crippen molar-refractivity contribution in [1.29, 1.82) is 0 Å². The highest BCUT2D eigenvalue weighted by molar-refractivity contribution is 14.0. The molecule has 1 aromatic rings. The van der Waals surface area contributed by atoms with E-state index < -0.39 is 0 Å². The Morgan fingerprint density at radius 3 is 2.39 bits per heavy atom. The molecule has 6 nitrogen and oxygen atoms in total. The Morgan fingerprint density at radius 1 is 1.17 bits per heavy atom. The number of nitrogens with one attached hydrogen (secondary N) is 2. The van der Waals surface area contributed by atoms with Gasteiger partial charge in [-0.05, 0) is 46.3 Å². The molecule has 0 aliphatic carbocycles. The van der Waals surface area contributed by atoms with Crippen LogP contribution < -0.4 is 10.6 Å². The van der Waals surface area contributed by atoms with Crippen LogP contribution in [0.25, 0.3) is 0 Å². The summed E-state index contributed by atoms with van der Waals surface area (Å²) in [5.41, 5.74) is 0.941. The third kappa shape index (κ3) is 8.55. The molecule has 0 fully saturated rings. The molecule has 7 heteroatoms. The van der Waals surface area contributed by atoms with Gasteiger partial charge >= 0.3 is 0 Å². The molecule has 0 saturated heterocycles. The molecule has 0 radical (unpaired) electrons. The molecule has 0 atom stereocenters. The molecule has 1 heterocycles. The monoisotopic (exact) mass is 437 g/mol. The molecule has 0 aliphatic heterocycles. The maximum absolute atomic E-state index is 5.54. The molecule has 134 valence electrons. The normalized spacial score (nSPS) is 11.5. The fourth-order valence-electron chi connectivity index (χ4n) is 2.20. The molecule has 1 aromatic heterocycles. The summed E-state index contributed by atoms with van der Waals surface area (Å²) in [6, 6.07) is 0. The maximum atomic E-state index is 5.54. The summed E-state index contributed by atoms with van der Waals surface area (Å²) in [4.78, 5) is 11.0. The maximum Gasteiger partial charge on any atom is 0.214 e. The third-order valence-corrected chi connectivity index (χ3v) is 3.79. The Kier molecular flexibility index (Phi) is 12.1. The first-order valence-corrected chi connectivity index (χ1v) is 8.20. The SMILES string of the molecule is CCN(CC)CCCCNC(=NC)NCc1nc(C)c(C)o1.I. The molecule has 0 bridgehead atoms. The highest BCUT2D eigenvalue weighted by atomic mass is 127. The van der Waals surface area contributed by atoms with Gasteiger partial charge < -0.3 is 20.0 Å². The summed E-state index contributed by atoms with van der Waals surface area (Å²) >= 11 is 0. The van der Waals surface area contributed by atoms with E-state index in [0.29, 0.717) is 12.4 Å². The van der Waals surface area contributed by atoms with Gasteiger partial charge in [0, 0.05) is 13.6 Å². The van der Waals surface area contributed by atoms with E-state index in [1.54, 1.807) is 7.05 Å². The van der Waals surface area contributed by atoms with E-state index >= 15 is 0 Å². The van der Waals surface area contributed by atoms with E-state index in [4.69, 9.17) is 4.42 Å². The van der Waals surface area contributed by atoms with Gasteiger partial charge in [0.25, 0.3) is 0 Å². The van der Waals surface area contributed by atoms with E-state index in [1.165, 1.54) is 6.42 Å². The Bertz CT molecular complexity index is 438. The molecule has 1 rings (SSSR count). The average molecular weight is 437 g/mol. The fraction of sp³-hybridized carbons (Fsp3) is 0.750. The van der Waals surface area contributed by atoms with Crippen LogP contribution in [0.15, 0.2) is 9.41 Å². The number of hydrogen-bond acceptors (Lipinski definition) is 4. The lowest BCUT2D eigenvalue weighted by molar-refractivity contribution is 0.297. The molecule has 0 saturated carbocycles. The summed E-state index contributed by atoms with van der Waals surface area (Å²) in [5, 5.41) is 6.54. The van der Waals surface area contributed by atoms with Gasteiger partial charge in [0.1, 0.15) is 5.76 Å². The summed E-state index contributed by atoms with van der Waals surface area (Å²) in [6.07, 6.45) is 2.33. The largest absolute Gasteiger partial charge is 0.444 e. The highest BCUT2D eigenvalue weighted by Gasteiger charge is 2.06. The number of unbranched alkanes of at least 4 members (excludes halogenated alkanes) is 1. The van der Waals surface area contributed by atoms with Crippen LogP contribution in [0, 0.1) is 13.8 Å². The quantitative estimate of drug-likeness (QED) is 0.269. The van der Waals surface area contributed by atoms with Crippen LogP contribution >= 0.6 is 24.0 Å². The molecule has 0 spiro atoms. The van der Waals surface area contributed by atoms with Crippen LogP contribution in [0.1, 0.15) is 44.0 Å². The zero-order valence-corrected chi connectivity index (χ0v) is 17.4. The zero-order chi connectivity index (χ0) is 16.4. The molecular weight excluding hydrogens is 405 g/mol. The van der Waals surface area contributed by atoms with Crippen LogP contribution in [0.4, 0.5) is 0 Å². The molecule has 0 aliphatic rings. The van der Waals surface area contributed by atoms with Gasteiger partial charge in [-0.15, -0.1) is 24.0 Å². The van der Waals surface area contributed by atoms with Crippen molar-refractivity contribution in [3.8, 4) is 0 Å². The second-order valence-corrected chi connectivity index (χ2v) is 5.34. The molecule has 2 N–H and O–H groups in total. The van der Waals surface area contributed by atoms with E-state index in [1.807, 2.05) is 13.8 Å². The molecule has 0 unspecified atom stereocenters. The first-order valence-electron chi connectivity index (χ1n) is 8.20. The number of halogens is 1. The Labute approximate surface area is 157 Å². The molecular formula is C16H32IN5O. The van der Waals surface area contributed by atoms with Gasteiger partial charge in [0.2, 0.25) is 5.89 Å². The first-order chi connectivity index (χ1) is 10.6. The van der Waals surface area contributed by atoms with Crippen LogP contribution in [-0.4, -0.2) is 49.1 Å². The summed E-state index contributed by atoms with van der Waals surface area (Å²) in [5.74, 6) is 2.35. The van der Waals surface area contributed by atoms with Gasteiger partial charge in [-0.1, -0.05) is 13.8 Å². The second kappa shape index (κ2) is 12.6. The minimum absolute atomic E-state index is 0. The molecule has 0 amide bonds. The number of oxazole rings is 1. The number of rotatable bonds is 9. The number of guanidine groups is 1. The van der Waals surface area contributed by atoms with Gasteiger partial charge in [-0.3, -0.25) is 4.99 Å². The Morgan fingerprint density at radius 2 is 1.87 bits per heavy atom. The molecule has 23 heavy (non-hydrogen) atoms. The predicted molar refractivity (Wildman–Crippen MR) is 107 cm³/mol. The second-order valence-electron chi connectivity index (χ2n) is 5.34. The van der Waals surface area contributed by atoms with E-state index in [2.05, 4.69) is 39.4 Å². The Balaban J connectivity index is 0.00000484. The number of aryl methyl sites for hydroxylation is 2. The smallest absolute Gasteiger partial charge is 0.214 e. The number of aliphatic imine (C=N–C) groups is 1. The van der Waals surface area contributed by atoms with E-state index in [-0.39, 0.29) is 24.0 Å². The predicted octanol–water partition coefficient (Wildman–Crippen LogP) is 2.70. The van der Waals surface area contributed by atoms with E-state index in [9.17, 15) is 0 Å². The number of aromatic nitrogens is 1. The number of nitrogens with zero attached hydrogens (tertiary/aromatic N) is 3. The summed E-state index contributed by atoms with van der Waals surface area (Å²) < 4.78 is 5.54. The Hall–Kier alpha value is -0.830. The lowest BCUT2D eigenvalue weighted by Gasteiger charge is -2.17.